The Morgan fingerprint density at radius 3 is 2.65 bits per heavy atom. The van der Waals surface area contributed by atoms with Crippen molar-refractivity contribution in [2.45, 2.75) is 38.9 Å². The molecule has 1 saturated heterocycles. The van der Waals surface area contributed by atoms with Gasteiger partial charge in [-0.25, -0.2) is 19.2 Å². The van der Waals surface area contributed by atoms with Gasteiger partial charge in [0, 0.05) is 13.0 Å². The summed E-state index contributed by atoms with van der Waals surface area (Å²) in [5, 5.41) is 0. The van der Waals surface area contributed by atoms with Crippen molar-refractivity contribution in [3.05, 3.63) is 18.2 Å². The maximum absolute atomic E-state index is 12.7. The Labute approximate surface area is 116 Å². The summed E-state index contributed by atoms with van der Waals surface area (Å²) in [4.78, 5) is 20.9. The van der Waals surface area contributed by atoms with Gasteiger partial charge >= 0.3 is 12.1 Å². The first-order chi connectivity index (χ1) is 9.33. The third kappa shape index (κ3) is 4.04. The maximum atomic E-state index is 12.7. The standard InChI is InChI=1S/C13H18FN3O3/c1-13(2,3)20-12(18)17-5-4-10(8-17)19-11-15-6-9(14)7-16-11/h6-7,10H,4-5,8H2,1-3H3/t10-/m0/s1. The lowest BCUT2D eigenvalue weighted by Crippen LogP contribution is -2.36. The number of carbonyl (C=O) groups excluding carboxylic acids is 1. The molecule has 0 aliphatic carbocycles. The van der Waals surface area contributed by atoms with Gasteiger partial charge in [-0.2, -0.15) is 0 Å². The number of aromatic nitrogens is 2. The summed E-state index contributed by atoms with van der Waals surface area (Å²) in [6, 6.07) is 0.113. The highest BCUT2D eigenvalue weighted by Gasteiger charge is 2.31. The summed E-state index contributed by atoms with van der Waals surface area (Å²) in [5.74, 6) is -0.515. The molecule has 0 aromatic carbocycles. The van der Waals surface area contributed by atoms with Crippen LogP contribution in [0.4, 0.5) is 9.18 Å². The van der Waals surface area contributed by atoms with Crippen LogP contribution in [0.15, 0.2) is 12.4 Å². The minimum atomic E-state index is -0.518. The van der Waals surface area contributed by atoms with E-state index in [-0.39, 0.29) is 18.2 Å². The molecule has 0 radical (unpaired) electrons. The maximum Gasteiger partial charge on any atom is 0.410 e. The molecule has 0 N–H and O–H groups in total. The van der Waals surface area contributed by atoms with Gasteiger partial charge in [0.1, 0.15) is 11.7 Å². The Balaban J connectivity index is 1.86. The van der Waals surface area contributed by atoms with E-state index in [4.69, 9.17) is 9.47 Å². The normalized spacial score (nSPS) is 19.0. The van der Waals surface area contributed by atoms with E-state index >= 15 is 0 Å². The first kappa shape index (κ1) is 14.5. The van der Waals surface area contributed by atoms with Gasteiger partial charge in [-0.1, -0.05) is 0 Å². The Morgan fingerprint density at radius 1 is 1.40 bits per heavy atom. The van der Waals surface area contributed by atoms with E-state index < -0.39 is 11.4 Å². The second-order valence-corrected chi connectivity index (χ2v) is 5.64. The largest absolute Gasteiger partial charge is 0.458 e. The van der Waals surface area contributed by atoms with E-state index in [0.29, 0.717) is 19.5 Å². The highest BCUT2D eigenvalue weighted by Crippen LogP contribution is 2.18. The van der Waals surface area contributed by atoms with Crippen LogP contribution in [-0.2, 0) is 4.74 Å². The number of amides is 1. The SMILES string of the molecule is CC(C)(C)OC(=O)N1CC[C@H](Oc2ncc(F)cn2)C1. The fourth-order valence-electron chi connectivity index (χ4n) is 1.83. The highest BCUT2D eigenvalue weighted by atomic mass is 19.1. The molecular weight excluding hydrogens is 265 g/mol. The average Bonchev–Trinajstić information content (AvgIpc) is 2.79. The summed E-state index contributed by atoms with van der Waals surface area (Å²) in [7, 11) is 0. The van der Waals surface area contributed by atoms with Gasteiger partial charge in [-0.3, -0.25) is 0 Å². The van der Waals surface area contributed by atoms with Crippen LogP contribution in [0.2, 0.25) is 0 Å². The highest BCUT2D eigenvalue weighted by molar-refractivity contribution is 5.68. The van der Waals surface area contributed by atoms with E-state index in [1.54, 1.807) is 4.90 Å². The van der Waals surface area contributed by atoms with Gasteiger partial charge in [-0.15, -0.1) is 0 Å². The first-order valence-corrected chi connectivity index (χ1v) is 6.45. The lowest BCUT2D eigenvalue weighted by atomic mass is 10.2. The molecule has 0 spiro atoms. The second kappa shape index (κ2) is 5.60. The minimum absolute atomic E-state index is 0.113. The number of hydrogen-bond donors (Lipinski definition) is 0. The van der Waals surface area contributed by atoms with E-state index in [1.807, 2.05) is 20.8 Å². The van der Waals surface area contributed by atoms with Gasteiger partial charge in [0.05, 0.1) is 18.9 Å². The van der Waals surface area contributed by atoms with E-state index in [1.165, 1.54) is 0 Å². The summed E-state index contributed by atoms with van der Waals surface area (Å²) >= 11 is 0. The molecule has 1 aromatic rings. The smallest absolute Gasteiger partial charge is 0.410 e. The average molecular weight is 283 g/mol. The van der Waals surface area contributed by atoms with Crippen molar-refractivity contribution in [1.29, 1.82) is 0 Å². The number of rotatable bonds is 2. The number of ether oxygens (including phenoxy) is 2. The molecule has 7 heteroatoms. The van der Waals surface area contributed by atoms with Crippen LogP contribution in [0.25, 0.3) is 0 Å². The molecule has 1 amide bonds. The third-order valence-corrected chi connectivity index (χ3v) is 2.67. The molecule has 2 rings (SSSR count). The Kier molecular flexibility index (Phi) is 4.06. The van der Waals surface area contributed by atoms with E-state index in [9.17, 15) is 9.18 Å². The van der Waals surface area contributed by atoms with Crippen LogP contribution in [-0.4, -0.2) is 45.8 Å². The molecule has 1 aliphatic rings. The van der Waals surface area contributed by atoms with Crippen LogP contribution in [0, 0.1) is 5.82 Å². The zero-order valence-electron chi connectivity index (χ0n) is 11.8. The number of carbonyl (C=O) groups is 1. The van der Waals surface area contributed by atoms with Crippen LogP contribution >= 0.6 is 0 Å². The zero-order valence-corrected chi connectivity index (χ0v) is 11.8. The summed E-state index contributed by atoms with van der Waals surface area (Å²) < 4.78 is 23.5. The molecule has 2 heterocycles. The molecule has 1 aliphatic heterocycles. The molecule has 0 saturated carbocycles. The molecule has 1 fully saturated rings. The quantitative estimate of drug-likeness (QED) is 0.830. The lowest BCUT2D eigenvalue weighted by molar-refractivity contribution is 0.0274. The van der Waals surface area contributed by atoms with Crippen LogP contribution in [0.3, 0.4) is 0 Å². The number of hydrogen-bond acceptors (Lipinski definition) is 5. The van der Waals surface area contributed by atoms with Gasteiger partial charge in [0.25, 0.3) is 0 Å². The topological polar surface area (TPSA) is 64.5 Å². The predicted octanol–water partition coefficient (Wildman–Crippen LogP) is 2.00. The Bertz CT molecular complexity index is 473. The van der Waals surface area contributed by atoms with Crippen molar-refractivity contribution in [3.8, 4) is 6.01 Å². The first-order valence-electron chi connectivity index (χ1n) is 6.45. The van der Waals surface area contributed by atoms with Gasteiger partial charge in [-0.05, 0) is 20.8 Å². The Morgan fingerprint density at radius 2 is 2.05 bits per heavy atom. The van der Waals surface area contributed by atoms with E-state index in [2.05, 4.69) is 9.97 Å². The molecule has 6 nitrogen and oxygen atoms in total. The lowest BCUT2D eigenvalue weighted by Gasteiger charge is -2.24. The van der Waals surface area contributed by atoms with Crippen molar-refractivity contribution in [2.24, 2.45) is 0 Å². The fourth-order valence-corrected chi connectivity index (χ4v) is 1.83. The summed E-state index contributed by atoms with van der Waals surface area (Å²) in [6.45, 7) is 6.43. The molecule has 20 heavy (non-hydrogen) atoms. The number of halogens is 1. The van der Waals surface area contributed by atoms with Gasteiger partial charge in [0.2, 0.25) is 0 Å². The summed E-state index contributed by atoms with van der Waals surface area (Å²) in [6.07, 6.45) is 2.20. The van der Waals surface area contributed by atoms with Crippen molar-refractivity contribution >= 4 is 6.09 Å². The van der Waals surface area contributed by atoms with Crippen LogP contribution in [0.1, 0.15) is 27.2 Å². The zero-order chi connectivity index (χ0) is 14.8. The number of nitrogens with zero attached hydrogens (tertiary/aromatic N) is 3. The minimum Gasteiger partial charge on any atom is -0.458 e. The summed E-state index contributed by atoms with van der Waals surface area (Å²) in [5.41, 5.74) is -0.518. The predicted molar refractivity (Wildman–Crippen MR) is 68.8 cm³/mol. The van der Waals surface area contributed by atoms with Crippen LogP contribution < -0.4 is 4.74 Å². The monoisotopic (exact) mass is 283 g/mol. The van der Waals surface area contributed by atoms with Gasteiger partial charge in [0.15, 0.2) is 5.82 Å². The third-order valence-electron chi connectivity index (χ3n) is 2.67. The molecule has 0 bridgehead atoms. The van der Waals surface area contributed by atoms with Crippen LogP contribution in [0.5, 0.6) is 6.01 Å². The Hall–Kier alpha value is -1.92. The molecule has 1 atom stereocenters. The van der Waals surface area contributed by atoms with Crippen molar-refractivity contribution in [3.63, 3.8) is 0 Å². The number of likely N-dealkylation sites (tertiary alicyclic amines) is 1. The molecule has 0 unspecified atom stereocenters. The van der Waals surface area contributed by atoms with E-state index in [0.717, 1.165) is 12.4 Å². The molecular formula is C13H18FN3O3. The molecule has 110 valence electrons. The van der Waals surface area contributed by atoms with Gasteiger partial charge < -0.3 is 14.4 Å². The van der Waals surface area contributed by atoms with Crippen molar-refractivity contribution in [1.82, 2.24) is 14.9 Å². The second-order valence-electron chi connectivity index (χ2n) is 5.64. The fraction of sp³-hybridized carbons (Fsp3) is 0.615. The van der Waals surface area contributed by atoms with Crippen molar-refractivity contribution < 1.29 is 18.7 Å². The van der Waals surface area contributed by atoms with Crippen molar-refractivity contribution in [2.75, 3.05) is 13.1 Å². The molecule has 1 aromatic heterocycles.